The SMILES string of the molecule is COC(=O)C(CCC[C@@H]1SC[C@@H]2NC(=O)N[C@@H]21)C(=O)OCCCCCl. The lowest BCUT2D eigenvalue weighted by molar-refractivity contribution is -0.161. The van der Waals surface area contributed by atoms with E-state index in [-0.39, 0.29) is 24.7 Å². The number of ether oxygens (including phenoxy) is 2. The maximum Gasteiger partial charge on any atom is 0.320 e. The molecule has 2 saturated heterocycles. The predicted molar refractivity (Wildman–Crippen MR) is 95.8 cm³/mol. The first-order valence-corrected chi connectivity index (χ1v) is 10.1. The van der Waals surface area contributed by atoms with Crippen molar-refractivity contribution < 1.29 is 23.9 Å². The lowest BCUT2D eigenvalue weighted by Crippen LogP contribution is -2.37. The Bertz CT molecular complexity index is 493. The van der Waals surface area contributed by atoms with E-state index in [1.165, 1.54) is 7.11 Å². The fourth-order valence-corrected chi connectivity index (χ4v) is 4.84. The number of hydrogen-bond acceptors (Lipinski definition) is 6. The van der Waals surface area contributed by atoms with Crippen LogP contribution in [0.2, 0.25) is 0 Å². The Morgan fingerprint density at radius 2 is 2.08 bits per heavy atom. The van der Waals surface area contributed by atoms with Crippen molar-refractivity contribution in [2.24, 2.45) is 5.92 Å². The Hall–Kier alpha value is -1.15. The van der Waals surface area contributed by atoms with E-state index in [9.17, 15) is 14.4 Å². The second kappa shape index (κ2) is 10.1. The minimum atomic E-state index is -0.889. The van der Waals surface area contributed by atoms with Crippen molar-refractivity contribution in [1.29, 1.82) is 0 Å². The van der Waals surface area contributed by atoms with Gasteiger partial charge in [-0.05, 0) is 25.7 Å². The van der Waals surface area contributed by atoms with E-state index in [2.05, 4.69) is 10.6 Å². The molecule has 0 aliphatic carbocycles. The Morgan fingerprint density at radius 1 is 1.28 bits per heavy atom. The second-order valence-corrected chi connectivity index (χ2v) is 7.84. The molecule has 0 aromatic heterocycles. The first kappa shape index (κ1) is 20.2. The summed E-state index contributed by atoms with van der Waals surface area (Å²) in [5.41, 5.74) is 0. The number of fused-ring (bicyclic) bond motifs is 1. The van der Waals surface area contributed by atoms with Gasteiger partial charge in [0.15, 0.2) is 5.92 Å². The molecule has 9 heteroatoms. The van der Waals surface area contributed by atoms with Gasteiger partial charge in [-0.3, -0.25) is 9.59 Å². The van der Waals surface area contributed by atoms with Crippen molar-refractivity contribution in [3.05, 3.63) is 0 Å². The molecule has 2 heterocycles. The lowest BCUT2D eigenvalue weighted by atomic mass is 9.98. The van der Waals surface area contributed by atoms with Gasteiger partial charge in [-0.15, -0.1) is 11.6 Å². The standard InChI is InChI=1S/C16H25ClN2O5S/c1-23-14(20)10(15(21)24-8-3-2-7-17)5-4-6-12-13-11(9-25-12)18-16(22)19-13/h10-13H,2-9H2,1H3,(H2,18,19,22)/t10?,11-,12-,13-/m0/s1. The van der Waals surface area contributed by atoms with Crippen LogP contribution in [-0.4, -0.2) is 60.7 Å². The van der Waals surface area contributed by atoms with Crippen LogP contribution in [0, 0.1) is 5.92 Å². The topological polar surface area (TPSA) is 93.7 Å². The molecule has 0 bridgehead atoms. The minimum absolute atomic E-state index is 0.117. The van der Waals surface area contributed by atoms with Gasteiger partial charge >= 0.3 is 18.0 Å². The molecule has 142 valence electrons. The third-order valence-electron chi connectivity index (χ3n) is 4.46. The highest BCUT2D eigenvalue weighted by atomic mass is 35.5. The fourth-order valence-electron chi connectivity index (χ4n) is 3.11. The normalized spacial score (nSPS) is 25.7. The summed E-state index contributed by atoms with van der Waals surface area (Å²) in [4.78, 5) is 35.4. The number of hydrogen-bond donors (Lipinski definition) is 2. The number of alkyl halides is 1. The summed E-state index contributed by atoms with van der Waals surface area (Å²) in [7, 11) is 1.27. The number of amides is 2. The quantitative estimate of drug-likeness (QED) is 0.193. The first-order valence-electron chi connectivity index (χ1n) is 8.56. The molecule has 2 aliphatic rings. The smallest absolute Gasteiger partial charge is 0.320 e. The van der Waals surface area contributed by atoms with E-state index in [1.54, 1.807) is 0 Å². The van der Waals surface area contributed by atoms with Gasteiger partial charge in [0.2, 0.25) is 0 Å². The van der Waals surface area contributed by atoms with Gasteiger partial charge in [-0.25, -0.2) is 4.79 Å². The summed E-state index contributed by atoms with van der Waals surface area (Å²) in [5, 5.41) is 6.12. The minimum Gasteiger partial charge on any atom is -0.468 e. The number of unbranched alkanes of at least 4 members (excludes halogenated alkanes) is 1. The molecule has 0 radical (unpaired) electrons. The molecular weight excluding hydrogens is 368 g/mol. The summed E-state index contributed by atoms with van der Waals surface area (Å²) < 4.78 is 9.90. The van der Waals surface area contributed by atoms with Gasteiger partial charge in [-0.1, -0.05) is 6.42 Å². The number of urea groups is 1. The number of carbonyl (C=O) groups is 3. The molecule has 4 atom stereocenters. The predicted octanol–water partition coefficient (Wildman–Crippen LogP) is 1.67. The van der Waals surface area contributed by atoms with Gasteiger partial charge in [0.1, 0.15) is 0 Å². The van der Waals surface area contributed by atoms with Gasteiger partial charge in [0, 0.05) is 16.9 Å². The Morgan fingerprint density at radius 3 is 2.80 bits per heavy atom. The van der Waals surface area contributed by atoms with Gasteiger partial charge < -0.3 is 20.1 Å². The van der Waals surface area contributed by atoms with Crippen molar-refractivity contribution in [2.45, 2.75) is 49.4 Å². The highest BCUT2D eigenvalue weighted by Gasteiger charge is 2.42. The molecule has 0 aromatic rings. The highest BCUT2D eigenvalue weighted by molar-refractivity contribution is 8.00. The van der Waals surface area contributed by atoms with Crippen molar-refractivity contribution in [3.63, 3.8) is 0 Å². The van der Waals surface area contributed by atoms with Crippen molar-refractivity contribution >= 4 is 41.3 Å². The summed E-state index contributed by atoms with van der Waals surface area (Å²) in [5.74, 6) is -0.578. The first-order chi connectivity index (χ1) is 12.1. The maximum absolute atomic E-state index is 12.1. The molecule has 25 heavy (non-hydrogen) atoms. The van der Waals surface area contributed by atoms with E-state index in [0.717, 1.165) is 18.6 Å². The zero-order valence-corrected chi connectivity index (χ0v) is 15.9. The van der Waals surface area contributed by atoms with Crippen molar-refractivity contribution in [3.8, 4) is 0 Å². The summed E-state index contributed by atoms with van der Waals surface area (Å²) in [6.45, 7) is 0.263. The molecule has 0 saturated carbocycles. The van der Waals surface area contributed by atoms with Gasteiger partial charge in [0.05, 0.1) is 25.8 Å². The van der Waals surface area contributed by atoms with E-state index >= 15 is 0 Å². The number of nitrogens with one attached hydrogen (secondary N) is 2. The largest absolute Gasteiger partial charge is 0.468 e. The number of esters is 2. The average Bonchev–Trinajstić information content (AvgIpc) is 3.14. The molecule has 2 fully saturated rings. The monoisotopic (exact) mass is 392 g/mol. The summed E-state index contributed by atoms with van der Waals surface area (Å²) in [6.07, 6.45) is 3.33. The van der Waals surface area contributed by atoms with Crippen molar-refractivity contribution in [2.75, 3.05) is 25.3 Å². The van der Waals surface area contributed by atoms with Crippen LogP contribution in [-0.2, 0) is 19.1 Å². The van der Waals surface area contributed by atoms with Crippen LogP contribution < -0.4 is 10.6 Å². The molecule has 1 unspecified atom stereocenters. The Balaban J connectivity index is 1.76. The number of halogens is 1. The molecule has 2 rings (SSSR count). The summed E-state index contributed by atoms with van der Waals surface area (Å²) >= 11 is 7.39. The van der Waals surface area contributed by atoms with Gasteiger partial charge in [-0.2, -0.15) is 11.8 Å². The fraction of sp³-hybridized carbons (Fsp3) is 0.812. The highest BCUT2D eigenvalue weighted by Crippen LogP contribution is 2.33. The van der Waals surface area contributed by atoms with Crippen molar-refractivity contribution in [1.82, 2.24) is 10.6 Å². The number of carbonyl (C=O) groups excluding carboxylic acids is 3. The third-order valence-corrected chi connectivity index (χ3v) is 6.24. The van der Waals surface area contributed by atoms with E-state index < -0.39 is 17.9 Å². The molecule has 2 aliphatic heterocycles. The molecule has 0 aromatic carbocycles. The molecular formula is C16H25ClN2O5S. The maximum atomic E-state index is 12.1. The van der Waals surface area contributed by atoms with E-state index in [4.69, 9.17) is 21.1 Å². The molecule has 2 amide bonds. The Labute approximate surface area is 156 Å². The average molecular weight is 393 g/mol. The molecule has 7 nitrogen and oxygen atoms in total. The third kappa shape index (κ3) is 5.67. The van der Waals surface area contributed by atoms with Crippen LogP contribution >= 0.6 is 23.4 Å². The van der Waals surface area contributed by atoms with Crippen LogP contribution in [0.15, 0.2) is 0 Å². The van der Waals surface area contributed by atoms with Gasteiger partial charge in [0.25, 0.3) is 0 Å². The van der Waals surface area contributed by atoms with Crippen LogP contribution in [0.25, 0.3) is 0 Å². The summed E-state index contributed by atoms with van der Waals surface area (Å²) in [6, 6.07) is 0.177. The van der Waals surface area contributed by atoms with Crippen LogP contribution in [0.3, 0.4) is 0 Å². The van der Waals surface area contributed by atoms with Crippen LogP contribution in [0.1, 0.15) is 32.1 Å². The zero-order valence-electron chi connectivity index (χ0n) is 14.3. The second-order valence-electron chi connectivity index (χ2n) is 6.19. The zero-order chi connectivity index (χ0) is 18.2. The van der Waals surface area contributed by atoms with E-state index in [0.29, 0.717) is 30.4 Å². The number of thioether (sulfide) groups is 1. The van der Waals surface area contributed by atoms with Crippen LogP contribution in [0.4, 0.5) is 4.79 Å². The number of methoxy groups -OCH3 is 1. The molecule has 2 N–H and O–H groups in total. The molecule has 0 spiro atoms. The van der Waals surface area contributed by atoms with Crippen LogP contribution in [0.5, 0.6) is 0 Å². The lowest BCUT2D eigenvalue weighted by Gasteiger charge is -2.18. The number of rotatable bonds is 10. The Kier molecular flexibility index (Phi) is 8.15. The van der Waals surface area contributed by atoms with E-state index in [1.807, 2.05) is 11.8 Å².